The molecule has 0 aliphatic rings. The first kappa shape index (κ1) is 13.5. The predicted octanol–water partition coefficient (Wildman–Crippen LogP) is 3.83. The average Bonchev–Trinajstić information content (AvgIpc) is 2.71. The molecule has 0 amide bonds. The van der Waals surface area contributed by atoms with Gasteiger partial charge in [-0.05, 0) is 25.1 Å². The summed E-state index contributed by atoms with van der Waals surface area (Å²) in [6, 6.07) is 8.84. The molecule has 2 aromatic rings. The summed E-state index contributed by atoms with van der Waals surface area (Å²) in [5, 5.41) is 3.36. The maximum absolute atomic E-state index is 13.2. The highest BCUT2D eigenvalue weighted by atomic mass is 19.4. The van der Waals surface area contributed by atoms with E-state index < -0.39 is 17.8 Å². The SMILES string of the molecule is Cc1cc(C(F)(F)C(F)(F)F)nn1-c1ccccc1. The number of para-hydroxylation sites is 1. The molecule has 0 fully saturated rings. The molecule has 2 nitrogen and oxygen atoms in total. The molecule has 0 aliphatic carbocycles. The van der Waals surface area contributed by atoms with Gasteiger partial charge in [-0.15, -0.1) is 0 Å². The number of benzene rings is 1. The molecule has 1 heterocycles. The number of hydrogen-bond acceptors (Lipinski definition) is 1. The zero-order chi connectivity index (χ0) is 14.3. The van der Waals surface area contributed by atoms with E-state index in [-0.39, 0.29) is 5.69 Å². The van der Waals surface area contributed by atoms with Crippen LogP contribution in [0.1, 0.15) is 11.4 Å². The Hall–Kier alpha value is -1.92. The van der Waals surface area contributed by atoms with Gasteiger partial charge in [0, 0.05) is 5.69 Å². The summed E-state index contributed by atoms with van der Waals surface area (Å²) < 4.78 is 64.2. The molecule has 0 aliphatic heterocycles. The van der Waals surface area contributed by atoms with E-state index in [2.05, 4.69) is 5.10 Å². The Morgan fingerprint density at radius 3 is 2.11 bits per heavy atom. The van der Waals surface area contributed by atoms with Crippen molar-refractivity contribution in [2.75, 3.05) is 0 Å². The number of aryl methyl sites for hydroxylation is 1. The van der Waals surface area contributed by atoms with Crippen LogP contribution < -0.4 is 0 Å². The summed E-state index contributed by atoms with van der Waals surface area (Å²) in [7, 11) is 0. The largest absolute Gasteiger partial charge is 0.459 e. The molecule has 0 saturated heterocycles. The van der Waals surface area contributed by atoms with E-state index in [1.54, 1.807) is 30.3 Å². The molecule has 1 aromatic heterocycles. The van der Waals surface area contributed by atoms with Gasteiger partial charge in [-0.1, -0.05) is 18.2 Å². The predicted molar refractivity (Wildman–Crippen MR) is 58.3 cm³/mol. The van der Waals surface area contributed by atoms with Crippen molar-refractivity contribution in [1.29, 1.82) is 0 Å². The highest BCUT2D eigenvalue weighted by molar-refractivity contribution is 5.33. The molecule has 19 heavy (non-hydrogen) atoms. The van der Waals surface area contributed by atoms with E-state index >= 15 is 0 Å². The van der Waals surface area contributed by atoms with Crippen LogP contribution in [-0.2, 0) is 5.92 Å². The van der Waals surface area contributed by atoms with Gasteiger partial charge in [-0.2, -0.15) is 27.1 Å². The van der Waals surface area contributed by atoms with Crippen LogP contribution in [0.3, 0.4) is 0 Å². The fourth-order valence-corrected chi connectivity index (χ4v) is 1.60. The molecule has 0 saturated carbocycles. The summed E-state index contributed by atoms with van der Waals surface area (Å²) in [6.45, 7) is 1.41. The quantitative estimate of drug-likeness (QED) is 0.762. The number of hydrogen-bond donors (Lipinski definition) is 0. The second kappa shape index (κ2) is 4.32. The molecule has 7 heteroatoms. The van der Waals surface area contributed by atoms with Crippen LogP contribution in [0.15, 0.2) is 36.4 Å². The lowest BCUT2D eigenvalue weighted by atomic mass is 10.2. The average molecular weight is 276 g/mol. The van der Waals surface area contributed by atoms with E-state index in [4.69, 9.17) is 0 Å². The first-order valence-corrected chi connectivity index (χ1v) is 5.30. The van der Waals surface area contributed by atoms with Crippen molar-refractivity contribution in [1.82, 2.24) is 9.78 Å². The van der Waals surface area contributed by atoms with Gasteiger partial charge in [0.25, 0.3) is 0 Å². The van der Waals surface area contributed by atoms with Crippen LogP contribution in [0, 0.1) is 6.92 Å². The summed E-state index contributed by atoms with van der Waals surface area (Å²) in [5.41, 5.74) is -0.685. The summed E-state index contributed by atoms with van der Waals surface area (Å²) in [4.78, 5) is 0. The van der Waals surface area contributed by atoms with Crippen molar-refractivity contribution < 1.29 is 22.0 Å². The van der Waals surface area contributed by atoms with Crippen LogP contribution >= 0.6 is 0 Å². The molecule has 0 unspecified atom stereocenters. The number of nitrogens with zero attached hydrogens (tertiary/aromatic N) is 2. The Balaban J connectivity index is 2.49. The minimum Gasteiger partial charge on any atom is -0.238 e. The number of rotatable bonds is 2. The molecule has 0 bridgehead atoms. The van der Waals surface area contributed by atoms with E-state index in [9.17, 15) is 22.0 Å². The van der Waals surface area contributed by atoms with Gasteiger partial charge < -0.3 is 0 Å². The standard InChI is InChI=1S/C12H9F5N2/c1-8-7-10(11(13,14)12(15,16)17)18-19(8)9-5-3-2-4-6-9/h2-7H,1H3. The van der Waals surface area contributed by atoms with Crippen molar-refractivity contribution in [3.8, 4) is 5.69 Å². The van der Waals surface area contributed by atoms with Gasteiger partial charge >= 0.3 is 12.1 Å². The van der Waals surface area contributed by atoms with E-state index in [0.29, 0.717) is 5.69 Å². The van der Waals surface area contributed by atoms with Gasteiger partial charge in [0.1, 0.15) is 5.69 Å². The van der Waals surface area contributed by atoms with E-state index in [1.807, 2.05) is 0 Å². The van der Waals surface area contributed by atoms with Gasteiger partial charge in [-0.3, -0.25) is 0 Å². The first-order chi connectivity index (χ1) is 8.73. The van der Waals surface area contributed by atoms with Crippen LogP contribution in [-0.4, -0.2) is 16.0 Å². The van der Waals surface area contributed by atoms with Crippen LogP contribution in [0.5, 0.6) is 0 Å². The molecule has 0 N–H and O–H groups in total. The summed E-state index contributed by atoms with van der Waals surface area (Å²) >= 11 is 0. The molecule has 0 radical (unpaired) electrons. The molecule has 0 spiro atoms. The third-order valence-electron chi connectivity index (χ3n) is 2.57. The van der Waals surface area contributed by atoms with Crippen molar-refractivity contribution in [2.24, 2.45) is 0 Å². The maximum Gasteiger partial charge on any atom is 0.459 e. The van der Waals surface area contributed by atoms with Crippen LogP contribution in [0.4, 0.5) is 22.0 Å². The lowest BCUT2D eigenvalue weighted by Crippen LogP contribution is -2.34. The zero-order valence-corrected chi connectivity index (χ0v) is 9.75. The highest BCUT2D eigenvalue weighted by Gasteiger charge is 2.60. The fourth-order valence-electron chi connectivity index (χ4n) is 1.60. The van der Waals surface area contributed by atoms with Crippen molar-refractivity contribution >= 4 is 0 Å². The highest BCUT2D eigenvalue weighted by Crippen LogP contribution is 2.43. The Bertz CT molecular complexity index is 572. The van der Waals surface area contributed by atoms with Crippen molar-refractivity contribution in [3.05, 3.63) is 47.8 Å². The number of halogens is 5. The first-order valence-electron chi connectivity index (χ1n) is 5.30. The molecular formula is C12H9F5N2. The Kier molecular flexibility index (Phi) is 3.07. The van der Waals surface area contributed by atoms with Gasteiger partial charge in [0.15, 0.2) is 0 Å². The number of alkyl halides is 5. The van der Waals surface area contributed by atoms with E-state index in [0.717, 1.165) is 10.7 Å². The number of aromatic nitrogens is 2. The second-order valence-electron chi connectivity index (χ2n) is 3.99. The van der Waals surface area contributed by atoms with Crippen molar-refractivity contribution in [3.63, 3.8) is 0 Å². The fraction of sp³-hybridized carbons (Fsp3) is 0.250. The third-order valence-corrected chi connectivity index (χ3v) is 2.57. The third kappa shape index (κ3) is 2.32. The van der Waals surface area contributed by atoms with E-state index in [1.165, 1.54) is 6.92 Å². The molecule has 102 valence electrons. The smallest absolute Gasteiger partial charge is 0.238 e. The van der Waals surface area contributed by atoms with Gasteiger partial charge in [0.2, 0.25) is 0 Å². The maximum atomic E-state index is 13.2. The second-order valence-corrected chi connectivity index (χ2v) is 3.99. The Labute approximate surface area is 105 Å². The van der Waals surface area contributed by atoms with Gasteiger partial charge in [0.05, 0.1) is 5.69 Å². The normalized spacial score (nSPS) is 12.7. The van der Waals surface area contributed by atoms with Crippen molar-refractivity contribution in [2.45, 2.75) is 19.0 Å². The zero-order valence-electron chi connectivity index (χ0n) is 9.75. The Morgan fingerprint density at radius 1 is 1.00 bits per heavy atom. The summed E-state index contributed by atoms with van der Waals surface area (Å²) in [5.74, 6) is -4.96. The lowest BCUT2D eigenvalue weighted by Gasteiger charge is -2.16. The minimum atomic E-state index is -5.66. The lowest BCUT2D eigenvalue weighted by molar-refractivity contribution is -0.291. The molecule has 2 rings (SSSR count). The monoisotopic (exact) mass is 276 g/mol. The van der Waals surface area contributed by atoms with Crippen LogP contribution in [0.25, 0.3) is 5.69 Å². The summed E-state index contributed by atoms with van der Waals surface area (Å²) in [6.07, 6.45) is -5.66. The topological polar surface area (TPSA) is 17.8 Å². The minimum absolute atomic E-state index is 0.199. The molecular weight excluding hydrogens is 267 g/mol. The Morgan fingerprint density at radius 2 is 1.58 bits per heavy atom. The van der Waals surface area contributed by atoms with Gasteiger partial charge in [-0.25, -0.2) is 4.68 Å². The van der Waals surface area contributed by atoms with Crippen LogP contribution in [0.2, 0.25) is 0 Å². The molecule has 1 aromatic carbocycles. The molecule has 0 atom stereocenters.